The second kappa shape index (κ2) is 10.6. The number of hydrogen-bond acceptors (Lipinski definition) is 6. The molecule has 0 spiro atoms. The van der Waals surface area contributed by atoms with Gasteiger partial charge in [0.2, 0.25) is 11.7 Å². The van der Waals surface area contributed by atoms with E-state index in [0.29, 0.717) is 27.8 Å². The summed E-state index contributed by atoms with van der Waals surface area (Å²) >= 11 is 6.13. The molecular formula is C27H29ClN6O3. The highest BCUT2D eigenvalue weighted by atomic mass is 35.5. The summed E-state index contributed by atoms with van der Waals surface area (Å²) in [4.78, 5) is 30.3. The first-order valence-electron chi connectivity index (χ1n) is 11.8. The second-order valence-electron chi connectivity index (χ2n) is 9.80. The molecule has 0 aliphatic heterocycles. The van der Waals surface area contributed by atoms with Crippen LogP contribution in [-0.2, 0) is 16.1 Å². The number of carbonyl (C=O) groups excluding carboxylic acids is 2. The summed E-state index contributed by atoms with van der Waals surface area (Å²) < 4.78 is 5.57. The highest BCUT2D eigenvalue weighted by molar-refractivity contribution is 6.30. The molecule has 10 heteroatoms. The molecule has 1 unspecified atom stereocenters. The van der Waals surface area contributed by atoms with Crippen molar-refractivity contribution < 1.29 is 14.0 Å². The highest BCUT2D eigenvalue weighted by Crippen LogP contribution is 2.32. The molecule has 0 aliphatic carbocycles. The molecule has 4 aromatic rings. The van der Waals surface area contributed by atoms with E-state index in [1.165, 1.54) is 9.70 Å². The number of anilines is 1. The van der Waals surface area contributed by atoms with Crippen molar-refractivity contribution in [3.63, 3.8) is 0 Å². The van der Waals surface area contributed by atoms with Gasteiger partial charge in [0.1, 0.15) is 18.3 Å². The van der Waals surface area contributed by atoms with E-state index in [9.17, 15) is 9.59 Å². The Kier molecular flexibility index (Phi) is 7.45. The summed E-state index contributed by atoms with van der Waals surface area (Å²) in [6.45, 7) is 9.13. The minimum atomic E-state index is -0.971. The van der Waals surface area contributed by atoms with Crippen LogP contribution in [0.1, 0.15) is 43.7 Å². The first kappa shape index (κ1) is 26.1. The van der Waals surface area contributed by atoms with Gasteiger partial charge in [-0.2, -0.15) is 4.80 Å². The first-order valence-corrected chi connectivity index (χ1v) is 12.2. The predicted octanol–water partition coefficient (Wildman–Crippen LogP) is 4.89. The summed E-state index contributed by atoms with van der Waals surface area (Å²) in [6.07, 6.45) is 0. The molecular weight excluding hydrogens is 492 g/mol. The van der Waals surface area contributed by atoms with E-state index in [1.807, 2.05) is 58.9 Å². The minimum Gasteiger partial charge on any atom is -0.458 e. The van der Waals surface area contributed by atoms with E-state index < -0.39 is 17.5 Å². The Labute approximate surface area is 220 Å². The van der Waals surface area contributed by atoms with Crippen molar-refractivity contribution in [3.05, 3.63) is 82.6 Å². The fourth-order valence-corrected chi connectivity index (χ4v) is 4.04. The molecule has 0 bridgehead atoms. The number of hydrogen-bond donors (Lipinski definition) is 1. The Balaban J connectivity index is 1.76. The van der Waals surface area contributed by atoms with E-state index in [0.717, 1.165) is 5.56 Å². The standard InChI is InChI=1S/C27H29ClN6O3/c1-17-8-6-7-9-21(17)34(23(35)16-33-31-25(30-32-33)22-15-10-18(2)37-22)24(26(36)29-27(3,4)5)19-11-13-20(28)14-12-19/h6-15,24H,16H2,1-5H3,(H,29,36). The van der Waals surface area contributed by atoms with Crippen LogP contribution in [-0.4, -0.2) is 37.6 Å². The van der Waals surface area contributed by atoms with Crippen LogP contribution in [0.25, 0.3) is 11.6 Å². The number of furan rings is 1. The molecule has 2 heterocycles. The fraction of sp³-hybridized carbons (Fsp3) is 0.296. The van der Waals surface area contributed by atoms with Gasteiger partial charge in [0.25, 0.3) is 5.91 Å². The molecule has 0 saturated heterocycles. The number of aryl methyl sites for hydroxylation is 2. The van der Waals surface area contributed by atoms with Crippen molar-refractivity contribution >= 4 is 29.1 Å². The number of carbonyl (C=O) groups is 2. The van der Waals surface area contributed by atoms with Crippen LogP contribution < -0.4 is 10.2 Å². The lowest BCUT2D eigenvalue weighted by atomic mass is 10.00. The van der Waals surface area contributed by atoms with Crippen LogP contribution in [0.2, 0.25) is 5.02 Å². The molecule has 1 atom stereocenters. The van der Waals surface area contributed by atoms with E-state index in [2.05, 4.69) is 20.7 Å². The summed E-state index contributed by atoms with van der Waals surface area (Å²) in [5.41, 5.74) is 1.52. The van der Waals surface area contributed by atoms with Gasteiger partial charge in [-0.05, 0) is 81.3 Å². The smallest absolute Gasteiger partial charge is 0.251 e. The molecule has 2 aromatic heterocycles. The van der Waals surface area contributed by atoms with Crippen molar-refractivity contribution in [2.75, 3.05) is 4.90 Å². The van der Waals surface area contributed by atoms with Crippen LogP contribution in [0.15, 0.2) is 65.1 Å². The lowest BCUT2D eigenvalue weighted by Gasteiger charge is -2.34. The summed E-state index contributed by atoms with van der Waals surface area (Å²) in [7, 11) is 0. The van der Waals surface area contributed by atoms with E-state index >= 15 is 0 Å². The number of tetrazole rings is 1. The van der Waals surface area contributed by atoms with E-state index in [-0.39, 0.29) is 18.3 Å². The normalized spacial score (nSPS) is 12.3. The summed E-state index contributed by atoms with van der Waals surface area (Å²) in [6, 6.07) is 16.9. The summed E-state index contributed by atoms with van der Waals surface area (Å²) in [5.74, 6) is 0.713. The van der Waals surface area contributed by atoms with E-state index in [1.54, 1.807) is 36.4 Å². The van der Waals surface area contributed by atoms with Crippen molar-refractivity contribution in [1.82, 2.24) is 25.5 Å². The molecule has 192 valence electrons. The zero-order valence-corrected chi connectivity index (χ0v) is 22.2. The summed E-state index contributed by atoms with van der Waals surface area (Å²) in [5, 5.41) is 15.9. The number of nitrogens with one attached hydrogen (secondary N) is 1. The van der Waals surface area contributed by atoms with Gasteiger partial charge >= 0.3 is 0 Å². The Morgan fingerprint density at radius 1 is 1.05 bits per heavy atom. The lowest BCUT2D eigenvalue weighted by Crippen LogP contribution is -2.50. The Bertz CT molecular complexity index is 1400. The maximum atomic E-state index is 13.9. The van der Waals surface area contributed by atoms with Gasteiger partial charge in [-0.25, -0.2) is 0 Å². The van der Waals surface area contributed by atoms with Gasteiger partial charge in [0, 0.05) is 16.2 Å². The molecule has 9 nitrogen and oxygen atoms in total. The molecule has 1 N–H and O–H groups in total. The average molecular weight is 521 g/mol. The minimum absolute atomic E-state index is 0.242. The number of rotatable bonds is 7. The molecule has 0 saturated carbocycles. The second-order valence-corrected chi connectivity index (χ2v) is 10.2. The Morgan fingerprint density at radius 2 is 1.76 bits per heavy atom. The number of aromatic nitrogens is 4. The van der Waals surface area contributed by atoms with Gasteiger partial charge in [-0.15, -0.1) is 10.2 Å². The quantitative estimate of drug-likeness (QED) is 0.372. The van der Waals surface area contributed by atoms with Crippen LogP contribution in [0.4, 0.5) is 5.69 Å². The third-order valence-electron chi connectivity index (χ3n) is 5.52. The highest BCUT2D eigenvalue weighted by Gasteiger charge is 2.35. The third-order valence-corrected chi connectivity index (χ3v) is 5.78. The van der Waals surface area contributed by atoms with Crippen molar-refractivity contribution in [2.24, 2.45) is 0 Å². The predicted molar refractivity (Wildman–Crippen MR) is 141 cm³/mol. The van der Waals surface area contributed by atoms with Gasteiger partial charge < -0.3 is 9.73 Å². The Morgan fingerprint density at radius 3 is 2.38 bits per heavy atom. The monoisotopic (exact) mass is 520 g/mol. The average Bonchev–Trinajstić information content (AvgIpc) is 3.46. The number of benzene rings is 2. The Hall–Kier alpha value is -3.98. The van der Waals surface area contributed by atoms with Crippen LogP contribution >= 0.6 is 11.6 Å². The molecule has 0 fully saturated rings. The number of halogens is 1. The molecule has 2 aromatic carbocycles. The SMILES string of the molecule is Cc1ccc(-c2nnn(CC(=O)N(c3ccccc3C)C(C(=O)NC(C)(C)C)c3ccc(Cl)cc3)n2)o1. The van der Waals surface area contributed by atoms with Gasteiger partial charge in [0.15, 0.2) is 5.76 Å². The first-order chi connectivity index (χ1) is 17.5. The number of amides is 2. The van der Waals surface area contributed by atoms with Gasteiger partial charge in [-0.1, -0.05) is 41.9 Å². The van der Waals surface area contributed by atoms with Crippen molar-refractivity contribution in [2.45, 2.75) is 52.7 Å². The molecule has 0 radical (unpaired) electrons. The number of para-hydroxylation sites is 1. The van der Waals surface area contributed by atoms with Crippen LogP contribution in [0, 0.1) is 13.8 Å². The van der Waals surface area contributed by atoms with E-state index in [4.69, 9.17) is 16.0 Å². The van der Waals surface area contributed by atoms with Crippen molar-refractivity contribution in [3.8, 4) is 11.6 Å². The van der Waals surface area contributed by atoms with Gasteiger partial charge in [-0.3, -0.25) is 14.5 Å². The lowest BCUT2D eigenvalue weighted by molar-refractivity contribution is -0.128. The molecule has 4 rings (SSSR count). The number of nitrogens with zero attached hydrogens (tertiary/aromatic N) is 5. The maximum absolute atomic E-state index is 13.9. The third kappa shape index (κ3) is 6.24. The fourth-order valence-electron chi connectivity index (χ4n) is 3.91. The zero-order valence-electron chi connectivity index (χ0n) is 21.4. The van der Waals surface area contributed by atoms with Gasteiger partial charge in [0.05, 0.1) is 0 Å². The maximum Gasteiger partial charge on any atom is 0.251 e. The van der Waals surface area contributed by atoms with Crippen molar-refractivity contribution in [1.29, 1.82) is 0 Å². The van der Waals surface area contributed by atoms with Crippen LogP contribution in [0.5, 0.6) is 0 Å². The molecule has 2 amide bonds. The zero-order chi connectivity index (χ0) is 26.7. The molecule has 0 aliphatic rings. The topological polar surface area (TPSA) is 106 Å². The van der Waals surface area contributed by atoms with Crippen LogP contribution in [0.3, 0.4) is 0 Å². The molecule has 37 heavy (non-hydrogen) atoms. The largest absolute Gasteiger partial charge is 0.458 e.